The van der Waals surface area contributed by atoms with Gasteiger partial charge in [-0.1, -0.05) is 11.6 Å². The average Bonchev–Trinajstić information content (AvgIpc) is 2.27. The highest BCUT2D eigenvalue weighted by molar-refractivity contribution is 6.33. The Labute approximate surface area is 97.1 Å². The lowest BCUT2D eigenvalue weighted by Gasteiger charge is -2.07. The van der Waals surface area contributed by atoms with Gasteiger partial charge in [0.05, 0.1) is 22.6 Å². The Morgan fingerprint density at radius 2 is 2.06 bits per heavy atom. The summed E-state index contributed by atoms with van der Waals surface area (Å²) in [5, 5.41) is 3.33. The van der Waals surface area contributed by atoms with Crippen molar-refractivity contribution in [2.24, 2.45) is 0 Å². The summed E-state index contributed by atoms with van der Waals surface area (Å²) >= 11 is 5.90. The quantitative estimate of drug-likeness (QED) is 0.843. The minimum atomic E-state index is -0.359. The Morgan fingerprint density at radius 3 is 2.75 bits per heavy atom. The van der Waals surface area contributed by atoms with Gasteiger partial charge in [-0.15, -0.1) is 0 Å². The van der Waals surface area contributed by atoms with Crippen molar-refractivity contribution in [1.29, 1.82) is 0 Å². The average molecular weight is 238 g/mol. The summed E-state index contributed by atoms with van der Waals surface area (Å²) in [5.74, 6) is 0.198. The van der Waals surface area contributed by atoms with E-state index in [-0.39, 0.29) is 5.82 Å². The minimum Gasteiger partial charge on any atom is -0.397 e. The highest BCUT2D eigenvalue weighted by Gasteiger charge is 2.02. The number of benzene rings is 1. The molecular formula is C11H9ClFN3. The predicted octanol–water partition coefficient (Wildman–Crippen LogP) is 3.20. The fourth-order valence-corrected chi connectivity index (χ4v) is 1.38. The molecule has 0 unspecified atom stereocenters. The molecule has 82 valence electrons. The molecule has 2 rings (SSSR count). The fraction of sp³-hybridized carbons (Fsp3) is 0. The zero-order valence-corrected chi connectivity index (χ0v) is 9.00. The van der Waals surface area contributed by atoms with Gasteiger partial charge in [-0.2, -0.15) is 0 Å². The van der Waals surface area contributed by atoms with E-state index in [1.165, 1.54) is 24.4 Å². The van der Waals surface area contributed by atoms with Crippen LogP contribution in [0.15, 0.2) is 36.5 Å². The monoisotopic (exact) mass is 237 g/mol. The van der Waals surface area contributed by atoms with E-state index < -0.39 is 0 Å². The van der Waals surface area contributed by atoms with Gasteiger partial charge in [0.2, 0.25) is 0 Å². The normalized spacial score (nSPS) is 10.1. The molecule has 0 spiro atoms. The standard InChI is InChI=1S/C11H9ClFN3/c12-9-3-1-7(13)5-10(9)16-11-4-2-8(14)6-15-11/h1-6H,14H2,(H,15,16). The van der Waals surface area contributed by atoms with Crippen LogP contribution in [0.1, 0.15) is 0 Å². The first kappa shape index (κ1) is 10.7. The van der Waals surface area contributed by atoms with Gasteiger partial charge in [-0.05, 0) is 30.3 Å². The molecule has 3 N–H and O–H groups in total. The fourth-order valence-electron chi connectivity index (χ4n) is 1.21. The summed E-state index contributed by atoms with van der Waals surface area (Å²) in [6, 6.07) is 7.47. The third kappa shape index (κ3) is 2.41. The van der Waals surface area contributed by atoms with Crippen molar-refractivity contribution >= 4 is 28.8 Å². The van der Waals surface area contributed by atoms with E-state index in [2.05, 4.69) is 10.3 Å². The lowest BCUT2D eigenvalue weighted by molar-refractivity contribution is 0.628. The van der Waals surface area contributed by atoms with E-state index in [1.807, 2.05) is 0 Å². The van der Waals surface area contributed by atoms with Crippen LogP contribution in [0.25, 0.3) is 0 Å². The predicted molar refractivity (Wildman–Crippen MR) is 63.3 cm³/mol. The number of pyridine rings is 1. The van der Waals surface area contributed by atoms with Crippen LogP contribution in [0, 0.1) is 5.82 Å². The number of nitrogens with two attached hydrogens (primary N) is 1. The van der Waals surface area contributed by atoms with Gasteiger partial charge >= 0.3 is 0 Å². The van der Waals surface area contributed by atoms with Crippen LogP contribution in [0.5, 0.6) is 0 Å². The van der Waals surface area contributed by atoms with Crippen molar-refractivity contribution in [3.8, 4) is 0 Å². The van der Waals surface area contributed by atoms with Crippen molar-refractivity contribution in [2.45, 2.75) is 0 Å². The summed E-state index contributed by atoms with van der Waals surface area (Å²) in [6.45, 7) is 0. The van der Waals surface area contributed by atoms with Gasteiger partial charge in [0.1, 0.15) is 11.6 Å². The summed E-state index contributed by atoms with van der Waals surface area (Å²) in [4.78, 5) is 4.03. The van der Waals surface area contributed by atoms with Gasteiger partial charge in [0.25, 0.3) is 0 Å². The van der Waals surface area contributed by atoms with Crippen LogP contribution in [0.4, 0.5) is 21.6 Å². The zero-order valence-electron chi connectivity index (χ0n) is 8.24. The number of rotatable bonds is 2. The molecule has 1 heterocycles. The second-order valence-corrected chi connectivity index (χ2v) is 3.63. The molecule has 0 atom stereocenters. The minimum absolute atomic E-state index is 0.359. The Kier molecular flexibility index (Phi) is 2.92. The Hall–Kier alpha value is -1.81. The maximum absolute atomic E-state index is 13.0. The first-order valence-corrected chi connectivity index (χ1v) is 4.96. The maximum atomic E-state index is 13.0. The molecule has 0 radical (unpaired) electrons. The number of hydrogen-bond acceptors (Lipinski definition) is 3. The lowest BCUT2D eigenvalue weighted by Crippen LogP contribution is -1.95. The summed E-state index contributed by atoms with van der Waals surface area (Å²) in [7, 11) is 0. The first-order valence-electron chi connectivity index (χ1n) is 4.59. The van der Waals surface area contributed by atoms with Crippen molar-refractivity contribution in [3.63, 3.8) is 0 Å². The third-order valence-corrected chi connectivity index (χ3v) is 2.31. The summed E-state index contributed by atoms with van der Waals surface area (Å²) in [5.41, 5.74) is 6.53. The molecule has 0 aliphatic carbocycles. The number of nitrogens with one attached hydrogen (secondary N) is 1. The molecule has 0 amide bonds. The van der Waals surface area contributed by atoms with Crippen LogP contribution >= 0.6 is 11.6 Å². The van der Waals surface area contributed by atoms with Crippen LogP contribution in [-0.4, -0.2) is 4.98 Å². The molecule has 0 aliphatic rings. The number of nitrogens with zero attached hydrogens (tertiary/aromatic N) is 1. The van der Waals surface area contributed by atoms with E-state index in [0.29, 0.717) is 22.2 Å². The molecular weight excluding hydrogens is 229 g/mol. The molecule has 16 heavy (non-hydrogen) atoms. The van der Waals surface area contributed by atoms with E-state index in [9.17, 15) is 4.39 Å². The van der Waals surface area contributed by atoms with Crippen molar-refractivity contribution < 1.29 is 4.39 Å². The number of halogens is 2. The van der Waals surface area contributed by atoms with E-state index in [1.54, 1.807) is 12.1 Å². The van der Waals surface area contributed by atoms with Gasteiger partial charge in [-0.25, -0.2) is 9.37 Å². The van der Waals surface area contributed by atoms with Crippen LogP contribution < -0.4 is 11.1 Å². The van der Waals surface area contributed by atoms with Gasteiger partial charge in [-0.3, -0.25) is 0 Å². The van der Waals surface area contributed by atoms with Crippen molar-refractivity contribution in [3.05, 3.63) is 47.4 Å². The lowest BCUT2D eigenvalue weighted by atomic mass is 10.3. The van der Waals surface area contributed by atoms with E-state index >= 15 is 0 Å². The maximum Gasteiger partial charge on any atom is 0.130 e. The highest BCUT2D eigenvalue weighted by atomic mass is 35.5. The molecule has 0 aliphatic heterocycles. The molecule has 0 bridgehead atoms. The SMILES string of the molecule is Nc1ccc(Nc2cc(F)ccc2Cl)nc1. The second-order valence-electron chi connectivity index (χ2n) is 3.23. The molecule has 1 aromatic heterocycles. The Morgan fingerprint density at radius 1 is 1.25 bits per heavy atom. The topological polar surface area (TPSA) is 50.9 Å². The molecule has 0 saturated heterocycles. The summed E-state index contributed by atoms with van der Waals surface area (Å²) < 4.78 is 13.0. The van der Waals surface area contributed by atoms with Crippen LogP contribution in [-0.2, 0) is 0 Å². The zero-order chi connectivity index (χ0) is 11.5. The van der Waals surface area contributed by atoms with Crippen molar-refractivity contribution in [1.82, 2.24) is 4.98 Å². The van der Waals surface area contributed by atoms with Gasteiger partial charge in [0, 0.05) is 0 Å². The Balaban J connectivity index is 2.26. The van der Waals surface area contributed by atoms with Crippen LogP contribution in [0.2, 0.25) is 5.02 Å². The van der Waals surface area contributed by atoms with E-state index in [4.69, 9.17) is 17.3 Å². The summed E-state index contributed by atoms with van der Waals surface area (Å²) in [6.07, 6.45) is 1.51. The number of aromatic nitrogens is 1. The Bertz CT molecular complexity index is 499. The molecule has 2 aromatic rings. The van der Waals surface area contributed by atoms with Gasteiger partial charge in [0.15, 0.2) is 0 Å². The second kappa shape index (κ2) is 4.37. The third-order valence-electron chi connectivity index (χ3n) is 1.98. The van der Waals surface area contributed by atoms with Crippen LogP contribution in [0.3, 0.4) is 0 Å². The first-order chi connectivity index (χ1) is 7.65. The molecule has 1 aromatic carbocycles. The van der Waals surface area contributed by atoms with Crippen molar-refractivity contribution in [2.75, 3.05) is 11.1 Å². The molecule has 0 fully saturated rings. The van der Waals surface area contributed by atoms with E-state index in [0.717, 1.165) is 0 Å². The van der Waals surface area contributed by atoms with Gasteiger partial charge < -0.3 is 11.1 Å². The number of nitrogen functional groups attached to an aromatic ring is 1. The molecule has 3 nitrogen and oxygen atoms in total. The highest BCUT2D eigenvalue weighted by Crippen LogP contribution is 2.25. The number of hydrogen-bond donors (Lipinski definition) is 2. The smallest absolute Gasteiger partial charge is 0.130 e. The molecule has 5 heteroatoms. The largest absolute Gasteiger partial charge is 0.397 e. The number of anilines is 3. The molecule has 0 saturated carbocycles.